The van der Waals surface area contributed by atoms with Crippen molar-refractivity contribution in [1.82, 2.24) is 25.0 Å². The van der Waals surface area contributed by atoms with E-state index < -0.39 is 0 Å². The van der Waals surface area contributed by atoms with E-state index in [9.17, 15) is 4.79 Å². The fourth-order valence-electron chi connectivity index (χ4n) is 2.67. The van der Waals surface area contributed by atoms with Gasteiger partial charge < -0.3 is 10.6 Å². The van der Waals surface area contributed by atoms with Crippen molar-refractivity contribution < 1.29 is 0 Å². The maximum absolute atomic E-state index is 12.2. The quantitative estimate of drug-likeness (QED) is 0.484. The Kier molecular flexibility index (Phi) is 5.85. The molecule has 0 saturated carbocycles. The van der Waals surface area contributed by atoms with E-state index in [1.165, 1.54) is 0 Å². The lowest BCUT2D eigenvalue weighted by Crippen LogP contribution is -2.47. The predicted octanol–water partition coefficient (Wildman–Crippen LogP) is 1.12. The fraction of sp³-hybridized carbons (Fsp3) is 0.812. The number of hydrogen-bond acceptors (Lipinski definition) is 3. The summed E-state index contributed by atoms with van der Waals surface area (Å²) < 4.78 is 3.41. The minimum Gasteiger partial charge on any atom is -0.357 e. The molecule has 7 heteroatoms. The molecule has 1 aromatic rings. The summed E-state index contributed by atoms with van der Waals surface area (Å²) in [6, 6.07) is 0. The first-order valence-electron chi connectivity index (χ1n) is 8.64. The molecule has 1 aliphatic rings. The number of fused-ring (bicyclic) bond motifs is 1. The number of rotatable bonds is 5. The molecule has 0 fully saturated rings. The van der Waals surface area contributed by atoms with Crippen LogP contribution in [0.2, 0.25) is 0 Å². The molecule has 23 heavy (non-hydrogen) atoms. The molecule has 0 amide bonds. The molecule has 2 N–H and O–H groups in total. The smallest absolute Gasteiger partial charge is 0.345 e. The van der Waals surface area contributed by atoms with E-state index in [0.29, 0.717) is 13.1 Å². The normalized spacial score (nSPS) is 15.4. The van der Waals surface area contributed by atoms with Crippen molar-refractivity contribution in [3.05, 3.63) is 16.3 Å². The standard InChI is InChI=1S/C16H30N6O/c1-5-17-14(19-16(2,3)4)18-10-8-12-22-15(23)21-11-7-6-9-13(21)20-22/h5-12H2,1-4H3,(H2,17,18,19). The van der Waals surface area contributed by atoms with Crippen LogP contribution >= 0.6 is 0 Å². The van der Waals surface area contributed by atoms with Crippen molar-refractivity contribution in [1.29, 1.82) is 0 Å². The van der Waals surface area contributed by atoms with Crippen LogP contribution in [0.5, 0.6) is 0 Å². The second kappa shape index (κ2) is 7.66. The van der Waals surface area contributed by atoms with E-state index in [1.54, 1.807) is 4.68 Å². The maximum Gasteiger partial charge on any atom is 0.345 e. The fourth-order valence-corrected chi connectivity index (χ4v) is 2.67. The van der Waals surface area contributed by atoms with Crippen LogP contribution in [0.25, 0.3) is 0 Å². The molecule has 130 valence electrons. The van der Waals surface area contributed by atoms with E-state index in [1.807, 2.05) is 4.57 Å². The third-order valence-electron chi connectivity index (χ3n) is 3.67. The zero-order chi connectivity index (χ0) is 16.9. The third kappa shape index (κ3) is 5.11. The Bertz CT molecular complexity index is 593. The molecule has 1 aliphatic heterocycles. The van der Waals surface area contributed by atoms with Crippen molar-refractivity contribution >= 4 is 5.96 Å². The Labute approximate surface area is 138 Å². The minimum atomic E-state index is -0.0269. The SMILES string of the molecule is CCNC(=NCCCn1nc2n(c1=O)CCCC2)NC(C)(C)C. The minimum absolute atomic E-state index is 0.0269. The lowest BCUT2D eigenvalue weighted by Gasteiger charge is -2.23. The number of hydrogen-bond donors (Lipinski definition) is 2. The van der Waals surface area contributed by atoms with Gasteiger partial charge in [0.25, 0.3) is 0 Å². The summed E-state index contributed by atoms with van der Waals surface area (Å²) in [5, 5.41) is 11.0. The van der Waals surface area contributed by atoms with Gasteiger partial charge in [-0.1, -0.05) is 0 Å². The largest absolute Gasteiger partial charge is 0.357 e. The van der Waals surface area contributed by atoms with Crippen molar-refractivity contribution in [3.63, 3.8) is 0 Å². The van der Waals surface area contributed by atoms with Gasteiger partial charge in [0, 0.05) is 38.1 Å². The van der Waals surface area contributed by atoms with Gasteiger partial charge in [0.2, 0.25) is 0 Å². The zero-order valence-electron chi connectivity index (χ0n) is 14.9. The van der Waals surface area contributed by atoms with Crippen LogP contribution in [0.3, 0.4) is 0 Å². The lowest BCUT2D eigenvalue weighted by atomic mass is 10.1. The number of aliphatic imine (C=N–C) groups is 1. The molecule has 0 radical (unpaired) electrons. The zero-order valence-corrected chi connectivity index (χ0v) is 14.9. The van der Waals surface area contributed by atoms with Gasteiger partial charge in [-0.15, -0.1) is 0 Å². The monoisotopic (exact) mass is 322 g/mol. The molecule has 0 bridgehead atoms. The molecular formula is C16H30N6O. The highest BCUT2D eigenvalue weighted by atomic mass is 16.2. The van der Waals surface area contributed by atoms with Crippen molar-refractivity contribution in [3.8, 4) is 0 Å². The number of aromatic nitrogens is 3. The Morgan fingerprint density at radius 1 is 1.35 bits per heavy atom. The van der Waals surface area contributed by atoms with Crippen molar-refractivity contribution in [2.75, 3.05) is 13.1 Å². The van der Waals surface area contributed by atoms with Gasteiger partial charge in [0.1, 0.15) is 5.82 Å². The predicted molar refractivity (Wildman–Crippen MR) is 92.9 cm³/mol. The molecule has 7 nitrogen and oxygen atoms in total. The first kappa shape index (κ1) is 17.6. The highest BCUT2D eigenvalue weighted by Crippen LogP contribution is 2.09. The average Bonchev–Trinajstić information content (AvgIpc) is 2.79. The van der Waals surface area contributed by atoms with Crippen LogP contribution in [0.15, 0.2) is 9.79 Å². The number of aryl methyl sites for hydroxylation is 2. The lowest BCUT2D eigenvalue weighted by molar-refractivity contribution is 0.499. The first-order chi connectivity index (χ1) is 10.9. The van der Waals surface area contributed by atoms with Gasteiger partial charge in [-0.05, 0) is 47.0 Å². The molecule has 0 atom stereocenters. The van der Waals surface area contributed by atoms with Gasteiger partial charge in [-0.3, -0.25) is 9.56 Å². The van der Waals surface area contributed by atoms with Crippen LogP contribution in [0, 0.1) is 0 Å². The van der Waals surface area contributed by atoms with E-state index in [2.05, 4.69) is 48.4 Å². The van der Waals surface area contributed by atoms with Crippen LogP contribution in [0.4, 0.5) is 0 Å². The van der Waals surface area contributed by atoms with Crippen molar-refractivity contribution in [2.24, 2.45) is 4.99 Å². The molecule has 2 rings (SSSR count). The molecule has 0 unspecified atom stereocenters. The second-order valence-corrected chi connectivity index (χ2v) is 7.02. The summed E-state index contributed by atoms with van der Waals surface area (Å²) in [6.07, 6.45) is 3.93. The Hall–Kier alpha value is -1.79. The van der Waals surface area contributed by atoms with E-state index >= 15 is 0 Å². The molecule has 0 aliphatic carbocycles. The van der Waals surface area contributed by atoms with Gasteiger partial charge >= 0.3 is 5.69 Å². The second-order valence-electron chi connectivity index (χ2n) is 7.02. The molecular weight excluding hydrogens is 292 g/mol. The molecule has 0 spiro atoms. The topological polar surface area (TPSA) is 76.2 Å². The highest BCUT2D eigenvalue weighted by molar-refractivity contribution is 5.80. The Balaban J connectivity index is 1.90. The van der Waals surface area contributed by atoms with E-state index in [0.717, 1.165) is 50.6 Å². The van der Waals surface area contributed by atoms with Crippen LogP contribution in [0.1, 0.15) is 52.8 Å². The molecule has 2 heterocycles. The first-order valence-corrected chi connectivity index (χ1v) is 8.64. The summed E-state index contributed by atoms with van der Waals surface area (Å²) in [5.74, 6) is 1.75. The molecule has 0 saturated heterocycles. The van der Waals surface area contributed by atoms with Gasteiger partial charge in [0.15, 0.2) is 5.96 Å². The Morgan fingerprint density at radius 3 is 2.78 bits per heavy atom. The summed E-state index contributed by atoms with van der Waals surface area (Å²) in [5.41, 5.74) is 0.00401. The third-order valence-corrected chi connectivity index (χ3v) is 3.67. The van der Waals surface area contributed by atoms with Crippen LogP contribution < -0.4 is 16.3 Å². The summed E-state index contributed by atoms with van der Waals surface area (Å²) in [6.45, 7) is 11.3. The summed E-state index contributed by atoms with van der Waals surface area (Å²) in [7, 11) is 0. The van der Waals surface area contributed by atoms with E-state index in [4.69, 9.17) is 0 Å². The van der Waals surface area contributed by atoms with Crippen LogP contribution in [-0.2, 0) is 19.5 Å². The van der Waals surface area contributed by atoms with Gasteiger partial charge in [0.05, 0.1) is 0 Å². The summed E-state index contributed by atoms with van der Waals surface area (Å²) >= 11 is 0. The van der Waals surface area contributed by atoms with Crippen LogP contribution in [-0.4, -0.2) is 38.9 Å². The molecule has 1 aromatic heterocycles. The number of guanidine groups is 1. The van der Waals surface area contributed by atoms with E-state index in [-0.39, 0.29) is 11.2 Å². The average molecular weight is 322 g/mol. The van der Waals surface area contributed by atoms with Gasteiger partial charge in [-0.25, -0.2) is 9.48 Å². The highest BCUT2D eigenvalue weighted by Gasteiger charge is 2.16. The van der Waals surface area contributed by atoms with Crippen molar-refractivity contribution in [2.45, 2.75) is 72.0 Å². The number of nitrogens with one attached hydrogen (secondary N) is 2. The van der Waals surface area contributed by atoms with Gasteiger partial charge in [-0.2, -0.15) is 5.10 Å². The maximum atomic E-state index is 12.2. The molecule has 0 aromatic carbocycles. The Morgan fingerprint density at radius 2 is 2.13 bits per heavy atom. The summed E-state index contributed by atoms with van der Waals surface area (Å²) in [4.78, 5) is 16.8. The number of nitrogens with zero attached hydrogens (tertiary/aromatic N) is 4.